The van der Waals surface area contributed by atoms with Gasteiger partial charge < -0.3 is 4.42 Å². The molecule has 0 N–H and O–H groups in total. The minimum atomic E-state index is 0.0513. The number of hydrogen-bond donors (Lipinski definition) is 0. The van der Waals surface area contributed by atoms with Crippen molar-refractivity contribution in [3.8, 4) is 11.5 Å². The van der Waals surface area contributed by atoms with Crippen LogP contribution in [-0.2, 0) is 0 Å². The SMILES string of the molecule is Cc1ccc(-c2nnc(SCC(=O)c3ccc(C(C)C)cc3)o2)cc1. The van der Waals surface area contributed by atoms with Crippen LogP contribution in [0.25, 0.3) is 11.5 Å². The fourth-order valence-corrected chi connectivity index (χ4v) is 3.00. The van der Waals surface area contributed by atoms with E-state index < -0.39 is 0 Å². The standard InChI is InChI=1S/C20H20N2O2S/c1-13(2)15-8-10-16(11-9-15)18(23)12-25-20-22-21-19(24-20)17-6-4-14(3)5-7-17/h4-11,13H,12H2,1-3H3. The minimum absolute atomic E-state index is 0.0513. The minimum Gasteiger partial charge on any atom is -0.411 e. The van der Waals surface area contributed by atoms with Crippen LogP contribution < -0.4 is 0 Å². The lowest BCUT2D eigenvalue weighted by atomic mass is 10.0. The van der Waals surface area contributed by atoms with E-state index in [1.807, 2.05) is 55.5 Å². The number of hydrogen-bond acceptors (Lipinski definition) is 5. The molecule has 0 atom stereocenters. The van der Waals surface area contributed by atoms with E-state index >= 15 is 0 Å². The van der Waals surface area contributed by atoms with E-state index in [2.05, 4.69) is 24.0 Å². The molecule has 0 aliphatic carbocycles. The summed E-state index contributed by atoms with van der Waals surface area (Å²) in [5.41, 5.74) is 3.98. The monoisotopic (exact) mass is 352 g/mol. The first-order valence-corrected chi connectivity index (χ1v) is 9.18. The Hall–Kier alpha value is -2.40. The number of nitrogens with zero attached hydrogens (tertiary/aromatic N) is 2. The van der Waals surface area contributed by atoms with E-state index in [4.69, 9.17) is 4.42 Å². The molecule has 0 unspecified atom stereocenters. The van der Waals surface area contributed by atoms with Gasteiger partial charge in [0.25, 0.3) is 5.22 Å². The highest BCUT2D eigenvalue weighted by Crippen LogP contribution is 2.24. The van der Waals surface area contributed by atoms with Gasteiger partial charge >= 0.3 is 0 Å². The number of carbonyl (C=O) groups is 1. The molecule has 1 aromatic heterocycles. The number of rotatable bonds is 6. The van der Waals surface area contributed by atoms with Crippen molar-refractivity contribution in [1.29, 1.82) is 0 Å². The number of ketones is 1. The molecule has 128 valence electrons. The van der Waals surface area contributed by atoms with E-state index in [0.29, 0.717) is 22.6 Å². The van der Waals surface area contributed by atoms with Crippen LogP contribution in [0.5, 0.6) is 0 Å². The first-order chi connectivity index (χ1) is 12.0. The van der Waals surface area contributed by atoms with Gasteiger partial charge in [-0.2, -0.15) is 0 Å². The summed E-state index contributed by atoms with van der Waals surface area (Å²) in [6.07, 6.45) is 0. The van der Waals surface area contributed by atoms with Gasteiger partial charge in [-0.25, -0.2) is 0 Å². The van der Waals surface area contributed by atoms with Gasteiger partial charge in [0.05, 0.1) is 5.75 Å². The topological polar surface area (TPSA) is 56.0 Å². The summed E-state index contributed by atoms with van der Waals surface area (Å²) in [5, 5.41) is 8.47. The van der Waals surface area contributed by atoms with Gasteiger partial charge in [0.2, 0.25) is 5.89 Å². The first-order valence-electron chi connectivity index (χ1n) is 8.19. The molecule has 0 fully saturated rings. The van der Waals surface area contributed by atoms with Crippen molar-refractivity contribution >= 4 is 17.5 Å². The summed E-state index contributed by atoms with van der Waals surface area (Å²) in [5.74, 6) is 1.25. The predicted molar refractivity (Wildman–Crippen MR) is 100 cm³/mol. The predicted octanol–water partition coefficient (Wildman–Crippen LogP) is 5.14. The molecular formula is C20H20N2O2S. The summed E-state index contributed by atoms with van der Waals surface area (Å²) in [6.45, 7) is 6.29. The Kier molecular flexibility index (Phi) is 5.34. The molecule has 3 aromatic rings. The lowest BCUT2D eigenvalue weighted by Crippen LogP contribution is -2.02. The van der Waals surface area contributed by atoms with Gasteiger partial charge in [0.15, 0.2) is 5.78 Å². The van der Waals surface area contributed by atoms with Gasteiger partial charge in [-0.15, -0.1) is 10.2 Å². The van der Waals surface area contributed by atoms with Crippen LogP contribution in [0.3, 0.4) is 0 Å². The molecule has 25 heavy (non-hydrogen) atoms. The van der Waals surface area contributed by atoms with Crippen LogP contribution in [0.2, 0.25) is 0 Å². The molecule has 0 amide bonds. The van der Waals surface area contributed by atoms with E-state index in [9.17, 15) is 4.79 Å². The molecule has 2 aromatic carbocycles. The van der Waals surface area contributed by atoms with Crippen molar-refractivity contribution in [3.63, 3.8) is 0 Å². The van der Waals surface area contributed by atoms with Gasteiger partial charge in [-0.05, 0) is 30.5 Å². The second kappa shape index (κ2) is 7.66. The van der Waals surface area contributed by atoms with E-state index in [-0.39, 0.29) is 11.5 Å². The lowest BCUT2D eigenvalue weighted by Gasteiger charge is -2.05. The third-order valence-electron chi connectivity index (χ3n) is 3.93. The third kappa shape index (κ3) is 4.37. The van der Waals surface area contributed by atoms with Crippen molar-refractivity contribution in [2.45, 2.75) is 31.9 Å². The molecule has 0 saturated heterocycles. The van der Waals surface area contributed by atoms with Crippen molar-refractivity contribution in [2.24, 2.45) is 0 Å². The largest absolute Gasteiger partial charge is 0.411 e. The molecule has 3 rings (SSSR count). The molecule has 0 radical (unpaired) electrons. The second-order valence-corrected chi connectivity index (χ2v) is 7.15. The maximum absolute atomic E-state index is 12.3. The molecule has 0 aliphatic heterocycles. The number of aromatic nitrogens is 2. The van der Waals surface area contributed by atoms with E-state index in [1.54, 1.807) is 0 Å². The quantitative estimate of drug-likeness (QED) is 0.454. The average molecular weight is 352 g/mol. The van der Waals surface area contributed by atoms with Crippen molar-refractivity contribution in [2.75, 3.05) is 5.75 Å². The number of carbonyl (C=O) groups excluding carboxylic acids is 1. The number of Topliss-reactive ketones (excluding diaryl/α,β-unsaturated/α-hetero) is 1. The van der Waals surface area contributed by atoms with Crippen molar-refractivity contribution < 1.29 is 9.21 Å². The van der Waals surface area contributed by atoms with Crippen molar-refractivity contribution in [1.82, 2.24) is 10.2 Å². The number of benzene rings is 2. The average Bonchev–Trinajstić information content (AvgIpc) is 3.09. The summed E-state index contributed by atoms with van der Waals surface area (Å²) in [6, 6.07) is 15.6. The molecule has 5 heteroatoms. The Labute approximate surface area is 151 Å². The van der Waals surface area contributed by atoms with Crippen LogP contribution in [0, 0.1) is 6.92 Å². The van der Waals surface area contributed by atoms with Gasteiger partial charge in [0, 0.05) is 11.1 Å². The molecule has 0 bridgehead atoms. The molecular weight excluding hydrogens is 332 g/mol. The van der Waals surface area contributed by atoms with Crippen LogP contribution in [0.1, 0.15) is 41.3 Å². The molecule has 0 saturated carbocycles. The first kappa shape index (κ1) is 17.4. The summed E-state index contributed by atoms with van der Waals surface area (Å²) >= 11 is 1.26. The zero-order valence-corrected chi connectivity index (χ0v) is 15.3. The van der Waals surface area contributed by atoms with Crippen LogP contribution >= 0.6 is 11.8 Å². The smallest absolute Gasteiger partial charge is 0.277 e. The number of aryl methyl sites for hydroxylation is 1. The fourth-order valence-electron chi connectivity index (χ4n) is 2.35. The molecule has 1 heterocycles. The Morgan fingerprint density at radius 2 is 1.72 bits per heavy atom. The zero-order chi connectivity index (χ0) is 17.8. The Bertz CT molecular complexity index is 852. The van der Waals surface area contributed by atoms with E-state index in [1.165, 1.54) is 22.9 Å². The highest BCUT2D eigenvalue weighted by atomic mass is 32.2. The maximum Gasteiger partial charge on any atom is 0.277 e. The maximum atomic E-state index is 12.3. The van der Waals surface area contributed by atoms with Gasteiger partial charge in [0.1, 0.15) is 0 Å². The van der Waals surface area contributed by atoms with Gasteiger partial charge in [-0.3, -0.25) is 4.79 Å². The Morgan fingerprint density at radius 1 is 1.04 bits per heavy atom. The summed E-state index contributed by atoms with van der Waals surface area (Å²) < 4.78 is 5.63. The zero-order valence-electron chi connectivity index (χ0n) is 14.5. The summed E-state index contributed by atoms with van der Waals surface area (Å²) in [7, 11) is 0. The third-order valence-corrected chi connectivity index (χ3v) is 4.75. The van der Waals surface area contributed by atoms with Crippen LogP contribution in [0.4, 0.5) is 0 Å². The lowest BCUT2D eigenvalue weighted by molar-refractivity contribution is 0.102. The van der Waals surface area contributed by atoms with Crippen LogP contribution in [-0.4, -0.2) is 21.7 Å². The Morgan fingerprint density at radius 3 is 2.36 bits per heavy atom. The summed E-state index contributed by atoms with van der Waals surface area (Å²) in [4.78, 5) is 12.3. The second-order valence-electron chi connectivity index (χ2n) is 6.23. The van der Waals surface area contributed by atoms with Crippen molar-refractivity contribution in [3.05, 3.63) is 65.2 Å². The highest BCUT2D eigenvalue weighted by Gasteiger charge is 2.12. The number of thioether (sulfide) groups is 1. The normalized spacial score (nSPS) is 11.0. The molecule has 4 nitrogen and oxygen atoms in total. The molecule has 0 spiro atoms. The Balaban J connectivity index is 1.61. The molecule has 0 aliphatic rings. The van der Waals surface area contributed by atoms with E-state index in [0.717, 1.165) is 5.56 Å². The highest BCUT2D eigenvalue weighted by molar-refractivity contribution is 7.99. The van der Waals surface area contributed by atoms with Crippen LogP contribution in [0.15, 0.2) is 58.2 Å². The van der Waals surface area contributed by atoms with Gasteiger partial charge in [-0.1, -0.05) is 67.6 Å². The fraction of sp³-hybridized carbons (Fsp3) is 0.250.